The number of hydrogen-bond acceptors (Lipinski definition) is 5. The lowest BCUT2D eigenvalue weighted by Crippen LogP contribution is -2.06. The van der Waals surface area contributed by atoms with Crippen molar-refractivity contribution >= 4 is 22.5 Å². The average Bonchev–Trinajstić information content (AvgIpc) is 2.69. The predicted octanol–water partition coefficient (Wildman–Crippen LogP) is 4.15. The Hall–Kier alpha value is -3.54. The SMILES string of the molecule is CC(c1ccc2ncc(-c3ccc(F)cc3)cc2c1)c1cnc(N)c(N)n1. The number of aromatic nitrogens is 3. The fourth-order valence-electron chi connectivity index (χ4n) is 3.03. The molecule has 0 fully saturated rings. The van der Waals surface area contributed by atoms with Gasteiger partial charge in [-0.1, -0.05) is 25.1 Å². The van der Waals surface area contributed by atoms with Crippen molar-refractivity contribution in [3.05, 3.63) is 78.0 Å². The highest BCUT2D eigenvalue weighted by molar-refractivity contribution is 5.84. The third kappa shape index (κ3) is 3.29. The Bertz CT molecular complexity index is 1130. The number of anilines is 2. The Balaban J connectivity index is 1.74. The van der Waals surface area contributed by atoms with Crippen LogP contribution in [0.5, 0.6) is 0 Å². The van der Waals surface area contributed by atoms with E-state index in [1.54, 1.807) is 24.5 Å². The van der Waals surface area contributed by atoms with Gasteiger partial charge in [0, 0.05) is 23.1 Å². The molecule has 4 rings (SSSR count). The molecule has 2 aromatic carbocycles. The zero-order chi connectivity index (χ0) is 19.0. The zero-order valence-corrected chi connectivity index (χ0v) is 14.7. The van der Waals surface area contributed by atoms with Gasteiger partial charge in [0.1, 0.15) is 5.82 Å². The molecule has 0 saturated carbocycles. The maximum Gasteiger partial charge on any atom is 0.166 e. The molecule has 0 bridgehead atoms. The van der Waals surface area contributed by atoms with E-state index in [0.717, 1.165) is 33.3 Å². The number of benzene rings is 2. The van der Waals surface area contributed by atoms with Gasteiger partial charge in [0.25, 0.3) is 0 Å². The van der Waals surface area contributed by atoms with Crippen molar-refractivity contribution in [3.63, 3.8) is 0 Å². The quantitative estimate of drug-likeness (QED) is 0.573. The lowest BCUT2D eigenvalue weighted by atomic mass is 9.95. The Kier molecular flexibility index (Phi) is 4.16. The monoisotopic (exact) mass is 359 g/mol. The van der Waals surface area contributed by atoms with E-state index in [9.17, 15) is 4.39 Å². The van der Waals surface area contributed by atoms with Crippen LogP contribution in [0.3, 0.4) is 0 Å². The summed E-state index contributed by atoms with van der Waals surface area (Å²) < 4.78 is 13.2. The van der Waals surface area contributed by atoms with Gasteiger partial charge >= 0.3 is 0 Å². The Morgan fingerprint density at radius 1 is 0.852 bits per heavy atom. The molecule has 0 spiro atoms. The first-order valence-corrected chi connectivity index (χ1v) is 8.55. The summed E-state index contributed by atoms with van der Waals surface area (Å²) in [6.45, 7) is 2.04. The normalized spacial score (nSPS) is 12.2. The van der Waals surface area contributed by atoms with E-state index in [-0.39, 0.29) is 23.4 Å². The van der Waals surface area contributed by atoms with Crippen LogP contribution in [-0.2, 0) is 0 Å². The van der Waals surface area contributed by atoms with Gasteiger partial charge in [-0.15, -0.1) is 0 Å². The van der Waals surface area contributed by atoms with Crippen molar-refractivity contribution in [2.45, 2.75) is 12.8 Å². The number of nitrogen functional groups attached to an aromatic ring is 2. The maximum absolute atomic E-state index is 13.2. The lowest BCUT2D eigenvalue weighted by molar-refractivity contribution is 0.628. The molecule has 0 amide bonds. The predicted molar refractivity (Wildman–Crippen MR) is 106 cm³/mol. The highest BCUT2D eigenvalue weighted by atomic mass is 19.1. The third-order valence-corrected chi connectivity index (χ3v) is 4.67. The first kappa shape index (κ1) is 16.9. The molecule has 134 valence electrons. The van der Waals surface area contributed by atoms with Crippen LogP contribution in [-0.4, -0.2) is 15.0 Å². The maximum atomic E-state index is 13.2. The van der Waals surface area contributed by atoms with Crippen LogP contribution in [0, 0.1) is 5.82 Å². The minimum Gasteiger partial charge on any atom is -0.381 e. The molecule has 0 saturated heterocycles. The van der Waals surface area contributed by atoms with E-state index >= 15 is 0 Å². The van der Waals surface area contributed by atoms with Crippen LogP contribution in [0.1, 0.15) is 24.1 Å². The molecule has 1 unspecified atom stereocenters. The first-order valence-electron chi connectivity index (χ1n) is 8.55. The van der Waals surface area contributed by atoms with Crippen molar-refractivity contribution in [1.82, 2.24) is 15.0 Å². The van der Waals surface area contributed by atoms with Gasteiger partial charge < -0.3 is 11.5 Å². The molecule has 4 aromatic rings. The number of halogens is 1. The lowest BCUT2D eigenvalue weighted by Gasteiger charge is -2.13. The summed E-state index contributed by atoms with van der Waals surface area (Å²) in [5, 5.41) is 0.998. The van der Waals surface area contributed by atoms with E-state index < -0.39 is 0 Å². The first-order chi connectivity index (χ1) is 13.0. The van der Waals surface area contributed by atoms with E-state index in [2.05, 4.69) is 27.1 Å². The highest BCUT2D eigenvalue weighted by Gasteiger charge is 2.13. The largest absolute Gasteiger partial charge is 0.381 e. The average molecular weight is 359 g/mol. The number of rotatable bonds is 3. The van der Waals surface area contributed by atoms with E-state index in [1.807, 2.05) is 19.1 Å². The van der Waals surface area contributed by atoms with Crippen LogP contribution >= 0.6 is 0 Å². The van der Waals surface area contributed by atoms with Gasteiger partial charge in [0.2, 0.25) is 0 Å². The van der Waals surface area contributed by atoms with Crippen LogP contribution in [0.15, 0.2) is 60.9 Å². The van der Waals surface area contributed by atoms with Gasteiger partial charge in [-0.2, -0.15) is 0 Å². The highest BCUT2D eigenvalue weighted by Crippen LogP contribution is 2.28. The Morgan fingerprint density at radius 2 is 1.63 bits per heavy atom. The van der Waals surface area contributed by atoms with Crippen LogP contribution in [0.25, 0.3) is 22.0 Å². The van der Waals surface area contributed by atoms with E-state index in [4.69, 9.17) is 11.5 Å². The van der Waals surface area contributed by atoms with Crippen molar-refractivity contribution in [3.8, 4) is 11.1 Å². The minimum absolute atomic E-state index is 0.000669. The fourth-order valence-corrected chi connectivity index (χ4v) is 3.03. The van der Waals surface area contributed by atoms with Crippen molar-refractivity contribution < 1.29 is 4.39 Å². The van der Waals surface area contributed by atoms with Crippen molar-refractivity contribution in [2.75, 3.05) is 11.5 Å². The minimum atomic E-state index is -0.257. The molecule has 5 nitrogen and oxygen atoms in total. The molecule has 0 aliphatic carbocycles. The third-order valence-electron chi connectivity index (χ3n) is 4.67. The summed E-state index contributed by atoms with van der Waals surface area (Å²) in [6.07, 6.45) is 3.44. The standard InChI is InChI=1S/C21H18FN5/c1-12(19-11-26-20(23)21(24)27-19)14-4-7-18-15(8-14)9-16(10-25-18)13-2-5-17(22)6-3-13/h2-12H,1H3,(H2,23,26)(H2,24,27). The summed E-state index contributed by atoms with van der Waals surface area (Å²) in [5.41, 5.74) is 16.0. The molecule has 4 N–H and O–H groups in total. The summed E-state index contributed by atoms with van der Waals surface area (Å²) in [6, 6.07) is 14.5. The number of pyridine rings is 1. The molecule has 2 heterocycles. The van der Waals surface area contributed by atoms with Crippen LogP contribution in [0.2, 0.25) is 0 Å². The number of nitrogens with zero attached hydrogens (tertiary/aromatic N) is 3. The summed E-state index contributed by atoms with van der Waals surface area (Å²) in [7, 11) is 0. The number of nitrogens with two attached hydrogens (primary N) is 2. The molecule has 6 heteroatoms. The summed E-state index contributed by atoms with van der Waals surface area (Å²) >= 11 is 0. The van der Waals surface area contributed by atoms with E-state index in [1.165, 1.54) is 12.1 Å². The molecule has 27 heavy (non-hydrogen) atoms. The number of hydrogen-bond donors (Lipinski definition) is 2. The Morgan fingerprint density at radius 3 is 2.37 bits per heavy atom. The molecule has 2 aromatic heterocycles. The molecular weight excluding hydrogens is 341 g/mol. The van der Waals surface area contributed by atoms with Crippen LogP contribution < -0.4 is 11.5 Å². The molecular formula is C21H18FN5. The second-order valence-electron chi connectivity index (χ2n) is 6.47. The van der Waals surface area contributed by atoms with Crippen molar-refractivity contribution in [1.29, 1.82) is 0 Å². The molecule has 1 atom stereocenters. The second kappa shape index (κ2) is 6.64. The van der Waals surface area contributed by atoms with Gasteiger partial charge in [-0.25, -0.2) is 14.4 Å². The molecule has 0 radical (unpaired) electrons. The molecule has 0 aliphatic heterocycles. The zero-order valence-electron chi connectivity index (χ0n) is 14.7. The van der Waals surface area contributed by atoms with E-state index in [0.29, 0.717) is 0 Å². The van der Waals surface area contributed by atoms with Gasteiger partial charge in [-0.3, -0.25) is 4.98 Å². The van der Waals surface area contributed by atoms with Gasteiger partial charge in [0.05, 0.1) is 17.4 Å². The van der Waals surface area contributed by atoms with Gasteiger partial charge in [0.15, 0.2) is 11.6 Å². The molecule has 0 aliphatic rings. The van der Waals surface area contributed by atoms with Crippen molar-refractivity contribution in [2.24, 2.45) is 0 Å². The summed E-state index contributed by atoms with van der Waals surface area (Å²) in [5.74, 6) is 0.213. The fraction of sp³-hybridized carbons (Fsp3) is 0.0952. The van der Waals surface area contributed by atoms with Gasteiger partial charge in [-0.05, 0) is 41.5 Å². The smallest absolute Gasteiger partial charge is 0.166 e. The summed E-state index contributed by atoms with van der Waals surface area (Å²) in [4.78, 5) is 13.0. The Labute approximate surface area is 155 Å². The second-order valence-corrected chi connectivity index (χ2v) is 6.47. The topological polar surface area (TPSA) is 90.7 Å². The number of fused-ring (bicyclic) bond motifs is 1. The van der Waals surface area contributed by atoms with Crippen LogP contribution in [0.4, 0.5) is 16.0 Å².